The molecule has 1 amide bonds. The summed E-state index contributed by atoms with van der Waals surface area (Å²) in [6.45, 7) is 0. The minimum Gasteiger partial charge on any atom is -0.497 e. The molecule has 0 aromatic heterocycles. The number of amides is 1. The molecule has 1 heterocycles. The smallest absolute Gasteiger partial charge is 0.256 e. The Morgan fingerprint density at radius 1 is 1.09 bits per heavy atom. The molecule has 2 aromatic carbocycles. The van der Waals surface area contributed by atoms with Crippen molar-refractivity contribution in [2.75, 3.05) is 19.5 Å². The van der Waals surface area contributed by atoms with Crippen LogP contribution in [0.15, 0.2) is 36.4 Å². The van der Waals surface area contributed by atoms with Gasteiger partial charge in [0.1, 0.15) is 17.3 Å². The number of rotatable bonds is 3. The largest absolute Gasteiger partial charge is 0.497 e. The van der Waals surface area contributed by atoms with Crippen molar-refractivity contribution in [1.82, 2.24) is 0 Å². The highest BCUT2D eigenvalue weighted by Crippen LogP contribution is 2.35. The van der Waals surface area contributed by atoms with Crippen LogP contribution in [0.25, 0.3) is 11.6 Å². The number of nitrogens with one attached hydrogen (secondary N) is 1. The topological polar surface area (TPSA) is 47.6 Å². The molecule has 5 heteroatoms. The molecule has 1 aliphatic heterocycles. The van der Waals surface area contributed by atoms with Gasteiger partial charge < -0.3 is 14.8 Å². The minimum atomic E-state index is -0.390. The summed E-state index contributed by atoms with van der Waals surface area (Å²) >= 11 is 0. The van der Waals surface area contributed by atoms with Gasteiger partial charge >= 0.3 is 0 Å². The summed E-state index contributed by atoms with van der Waals surface area (Å²) in [4.78, 5) is 12.1. The fourth-order valence-electron chi connectivity index (χ4n) is 2.42. The molecule has 1 N–H and O–H groups in total. The van der Waals surface area contributed by atoms with Crippen molar-refractivity contribution in [3.63, 3.8) is 0 Å². The van der Waals surface area contributed by atoms with Crippen LogP contribution in [0.5, 0.6) is 11.5 Å². The van der Waals surface area contributed by atoms with E-state index in [1.54, 1.807) is 44.6 Å². The van der Waals surface area contributed by atoms with E-state index in [1.165, 1.54) is 12.1 Å². The Hall–Kier alpha value is -2.82. The van der Waals surface area contributed by atoms with E-state index in [-0.39, 0.29) is 11.7 Å². The average Bonchev–Trinajstić information content (AvgIpc) is 2.82. The number of anilines is 1. The van der Waals surface area contributed by atoms with Crippen molar-refractivity contribution in [3.05, 3.63) is 53.3 Å². The molecule has 0 saturated heterocycles. The molecular formula is C17H14FNO3. The van der Waals surface area contributed by atoms with Crippen LogP contribution in [0, 0.1) is 5.82 Å². The zero-order valence-electron chi connectivity index (χ0n) is 12.1. The third-order valence-electron chi connectivity index (χ3n) is 3.50. The van der Waals surface area contributed by atoms with E-state index in [2.05, 4.69) is 5.32 Å². The van der Waals surface area contributed by atoms with Crippen molar-refractivity contribution in [2.24, 2.45) is 0 Å². The van der Waals surface area contributed by atoms with Gasteiger partial charge in [-0.3, -0.25) is 4.79 Å². The molecule has 4 nitrogen and oxygen atoms in total. The number of hydrogen-bond donors (Lipinski definition) is 1. The highest BCUT2D eigenvalue weighted by Gasteiger charge is 2.24. The second-order valence-electron chi connectivity index (χ2n) is 4.81. The fourth-order valence-corrected chi connectivity index (χ4v) is 2.42. The first-order chi connectivity index (χ1) is 10.6. The van der Waals surface area contributed by atoms with E-state index in [9.17, 15) is 9.18 Å². The second-order valence-corrected chi connectivity index (χ2v) is 4.81. The van der Waals surface area contributed by atoms with E-state index in [4.69, 9.17) is 9.47 Å². The van der Waals surface area contributed by atoms with Gasteiger partial charge in [-0.15, -0.1) is 0 Å². The normalized spacial score (nSPS) is 14.7. The first-order valence-corrected chi connectivity index (χ1v) is 6.67. The molecule has 0 radical (unpaired) electrons. The van der Waals surface area contributed by atoms with Gasteiger partial charge in [0.15, 0.2) is 0 Å². The van der Waals surface area contributed by atoms with Gasteiger partial charge in [0.25, 0.3) is 5.91 Å². The van der Waals surface area contributed by atoms with Crippen LogP contribution in [0.2, 0.25) is 0 Å². The molecule has 112 valence electrons. The lowest BCUT2D eigenvalue weighted by molar-refractivity contribution is -0.110. The van der Waals surface area contributed by atoms with Crippen molar-refractivity contribution in [2.45, 2.75) is 0 Å². The summed E-state index contributed by atoms with van der Waals surface area (Å²) in [5, 5.41) is 2.66. The maximum atomic E-state index is 13.3. The Kier molecular flexibility index (Phi) is 3.55. The Morgan fingerprint density at radius 3 is 2.64 bits per heavy atom. The minimum absolute atomic E-state index is 0.273. The van der Waals surface area contributed by atoms with Crippen LogP contribution in [0.3, 0.4) is 0 Å². The molecule has 0 atom stereocenters. The van der Waals surface area contributed by atoms with Gasteiger partial charge in [-0.05, 0) is 42.5 Å². The number of fused-ring (bicyclic) bond motifs is 1. The van der Waals surface area contributed by atoms with E-state index in [1.807, 2.05) is 0 Å². The van der Waals surface area contributed by atoms with Gasteiger partial charge in [0.2, 0.25) is 0 Å². The van der Waals surface area contributed by atoms with Crippen molar-refractivity contribution in [1.29, 1.82) is 0 Å². The quantitative estimate of drug-likeness (QED) is 0.884. The number of carbonyl (C=O) groups is 1. The van der Waals surface area contributed by atoms with Gasteiger partial charge in [-0.2, -0.15) is 0 Å². The van der Waals surface area contributed by atoms with Crippen LogP contribution < -0.4 is 14.8 Å². The van der Waals surface area contributed by atoms with Gasteiger partial charge in [0.05, 0.1) is 19.9 Å². The molecule has 22 heavy (non-hydrogen) atoms. The summed E-state index contributed by atoms with van der Waals surface area (Å²) in [6, 6.07) is 9.54. The molecule has 2 aromatic rings. The van der Waals surface area contributed by atoms with E-state index >= 15 is 0 Å². The van der Waals surface area contributed by atoms with Gasteiger partial charge in [-0.1, -0.05) is 0 Å². The summed E-state index contributed by atoms with van der Waals surface area (Å²) in [5.41, 5.74) is 2.31. The Balaban J connectivity index is 2.12. The van der Waals surface area contributed by atoms with Crippen molar-refractivity contribution >= 4 is 23.2 Å². The summed E-state index contributed by atoms with van der Waals surface area (Å²) in [7, 11) is 3.13. The molecule has 0 spiro atoms. The lowest BCUT2D eigenvalue weighted by Gasteiger charge is -2.08. The second kappa shape index (κ2) is 5.52. The fraction of sp³-hybridized carbons (Fsp3) is 0.118. The van der Waals surface area contributed by atoms with Gasteiger partial charge in [-0.25, -0.2) is 4.39 Å². The molecule has 0 aliphatic carbocycles. The predicted molar refractivity (Wildman–Crippen MR) is 82.4 cm³/mol. The first kappa shape index (κ1) is 14.1. The third-order valence-corrected chi connectivity index (χ3v) is 3.50. The summed E-state index contributed by atoms with van der Waals surface area (Å²) in [6.07, 6.45) is 1.71. The Morgan fingerprint density at radius 2 is 1.91 bits per heavy atom. The molecule has 3 rings (SSSR count). The van der Waals surface area contributed by atoms with Crippen LogP contribution in [-0.4, -0.2) is 20.1 Å². The molecule has 1 aliphatic rings. The van der Waals surface area contributed by atoms with Crippen LogP contribution in [0.1, 0.15) is 11.1 Å². The van der Waals surface area contributed by atoms with E-state index < -0.39 is 0 Å². The lowest BCUT2D eigenvalue weighted by atomic mass is 10.0. The molecule has 0 bridgehead atoms. The number of ether oxygens (including phenoxy) is 2. The average molecular weight is 299 g/mol. The maximum Gasteiger partial charge on any atom is 0.256 e. The number of halogens is 1. The Bertz CT molecular complexity index is 783. The van der Waals surface area contributed by atoms with Crippen LogP contribution >= 0.6 is 0 Å². The van der Waals surface area contributed by atoms with Crippen molar-refractivity contribution < 1.29 is 18.7 Å². The standard InChI is InChI=1S/C17H14FNO3/c1-21-12-4-6-16(22-2)10(7-12)8-14-13-5-3-11(18)9-15(13)19-17(14)20/h3-9H,1-2H3,(H,19,20). The number of methoxy groups -OCH3 is 2. The summed E-state index contributed by atoms with van der Waals surface area (Å²) in [5.74, 6) is 0.617. The summed E-state index contributed by atoms with van der Waals surface area (Å²) < 4.78 is 23.8. The number of hydrogen-bond acceptors (Lipinski definition) is 3. The monoisotopic (exact) mass is 299 g/mol. The molecular weight excluding hydrogens is 285 g/mol. The maximum absolute atomic E-state index is 13.3. The van der Waals surface area contributed by atoms with Gasteiger partial charge in [0, 0.05) is 16.7 Å². The predicted octanol–water partition coefficient (Wildman–Crippen LogP) is 3.34. The first-order valence-electron chi connectivity index (χ1n) is 6.67. The molecule has 0 saturated carbocycles. The SMILES string of the molecule is COc1ccc(OC)c(C=C2C(=O)Nc3cc(F)ccc32)c1. The van der Waals surface area contributed by atoms with Crippen LogP contribution in [-0.2, 0) is 4.79 Å². The molecule has 0 fully saturated rings. The van der Waals surface area contributed by atoms with E-state index in [0.717, 1.165) is 0 Å². The Labute approximate surface area is 127 Å². The zero-order valence-corrected chi connectivity index (χ0v) is 12.1. The van der Waals surface area contributed by atoms with Crippen LogP contribution in [0.4, 0.5) is 10.1 Å². The number of carbonyl (C=O) groups excluding carboxylic acids is 1. The zero-order chi connectivity index (χ0) is 15.7. The number of benzene rings is 2. The van der Waals surface area contributed by atoms with E-state index in [0.29, 0.717) is 33.9 Å². The van der Waals surface area contributed by atoms with Crippen molar-refractivity contribution in [3.8, 4) is 11.5 Å². The highest BCUT2D eigenvalue weighted by molar-refractivity contribution is 6.35. The third kappa shape index (κ3) is 2.41. The lowest BCUT2D eigenvalue weighted by Crippen LogP contribution is -2.03. The highest BCUT2D eigenvalue weighted by atomic mass is 19.1. The molecule has 0 unspecified atom stereocenters.